The number of ketones is 1. The molecule has 0 saturated heterocycles. The summed E-state index contributed by atoms with van der Waals surface area (Å²) in [6.07, 6.45) is -8.65. The van der Waals surface area contributed by atoms with E-state index in [4.69, 9.17) is 17.1 Å². The van der Waals surface area contributed by atoms with Gasteiger partial charge in [-0.15, -0.1) is 0 Å². The molecule has 2 aliphatic rings. The molecule has 4 atom stereocenters. The summed E-state index contributed by atoms with van der Waals surface area (Å²) in [6, 6.07) is 0. The van der Waals surface area contributed by atoms with Crippen molar-refractivity contribution < 1.29 is 48.2 Å². The van der Waals surface area contributed by atoms with Crippen molar-refractivity contribution >= 4 is 22.4 Å². The molecule has 1 unspecified atom stereocenters. The summed E-state index contributed by atoms with van der Waals surface area (Å²) >= 11 is 0. The molecule has 41 heavy (non-hydrogen) atoms. The topological polar surface area (TPSA) is 35.5 Å². The van der Waals surface area contributed by atoms with Gasteiger partial charge < -0.3 is 8.85 Å². The first-order valence-electron chi connectivity index (χ1n) is 17.4. The molecule has 0 bridgehead atoms. The molecule has 0 radical (unpaired) electrons. The Morgan fingerprint density at radius 2 is 1.51 bits per heavy atom. The molecule has 3 nitrogen and oxygen atoms in total. The van der Waals surface area contributed by atoms with E-state index in [-0.39, 0.29) is 43.0 Å². The van der Waals surface area contributed by atoms with Crippen LogP contribution in [0.4, 0.5) is 26.3 Å². The molecule has 0 aromatic heterocycles. The van der Waals surface area contributed by atoms with E-state index >= 15 is 0 Å². The van der Waals surface area contributed by atoms with E-state index in [0.29, 0.717) is 32.1 Å². The Bertz CT molecular complexity index is 1120. The predicted molar refractivity (Wildman–Crippen MR) is 157 cm³/mol. The minimum atomic E-state index is -5.81. The second-order valence-corrected chi connectivity index (χ2v) is 23.5. The third-order valence-electron chi connectivity index (χ3n) is 8.71. The third kappa shape index (κ3) is 8.72. The summed E-state index contributed by atoms with van der Waals surface area (Å²) in [4.78, 5) is 12.9. The molecule has 11 heteroatoms. The van der Waals surface area contributed by atoms with Gasteiger partial charge in [-0.2, -0.15) is 26.3 Å². The van der Waals surface area contributed by atoms with Gasteiger partial charge in [-0.1, -0.05) is 26.3 Å². The monoisotopic (exact) mass is 636 g/mol. The molecule has 0 heterocycles. The van der Waals surface area contributed by atoms with Crippen LogP contribution >= 0.6 is 0 Å². The van der Waals surface area contributed by atoms with Crippen molar-refractivity contribution in [2.45, 2.75) is 148 Å². The molecule has 0 aromatic rings. The Hall–Kier alpha value is -0.656. The number of Topliss-reactive ketones (excluding diaryl/α,β-unsaturated/α-hetero) is 1. The first-order chi connectivity index (χ1) is 20.7. The molecule has 2 rings (SSSR count). The number of carbonyl (C=O) groups excluding carboxylic acids is 1. The summed E-state index contributed by atoms with van der Waals surface area (Å²) in [6.45, 7) is 6.30. The van der Waals surface area contributed by atoms with Crippen molar-refractivity contribution in [2.24, 2.45) is 22.7 Å². The van der Waals surface area contributed by atoms with Crippen molar-refractivity contribution in [2.75, 3.05) is 0 Å². The Kier molecular flexibility index (Phi) is 8.17. The molecular formula is C30H52F6O3Si2. The Balaban J connectivity index is 2.65. The van der Waals surface area contributed by atoms with E-state index in [1.807, 2.05) is 6.92 Å². The fourth-order valence-electron chi connectivity index (χ4n) is 7.29. The van der Waals surface area contributed by atoms with Crippen LogP contribution in [0.1, 0.15) is 93.6 Å². The van der Waals surface area contributed by atoms with Crippen molar-refractivity contribution in [3.63, 3.8) is 0 Å². The van der Waals surface area contributed by atoms with Crippen molar-refractivity contribution in [1.82, 2.24) is 0 Å². The van der Waals surface area contributed by atoms with Crippen LogP contribution in [0.2, 0.25) is 39.3 Å². The van der Waals surface area contributed by atoms with Gasteiger partial charge in [0.1, 0.15) is 5.78 Å². The second kappa shape index (κ2) is 12.0. The molecule has 0 spiro atoms. The lowest BCUT2D eigenvalue weighted by Crippen LogP contribution is -2.61. The molecule has 0 aliphatic heterocycles. The minimum absolute atomic E-state index is 0.0358. The van der Waals surface area contributed by atoms with Crippen LogP contribution in [-0.2, 0) is 13.6 Å². The SMILES string of the molecule is [2H]C([2H])([2H])C(CCC[C@](C)(CC=CC(O[Si](C)(C)C)(C(F)(F)F)C(F)(F)F)[C@H]1CCC2C(=O)CCC[C@@]21C)(O[Si](C)(C)C)C([2H])([2H])[2H]. The largest absolute Gasteiger partial charge is 0.429 e. The quantitative estimate of drug-likeness (QED) is 0.121. The molecule has 0 aromatic carbocycles. The number of alkyl halides is 6. The lowest BCUT2D eigenvalue weighted by molar-refractivity contribution is -0.340. The van der Waals surface area contributed by atoms with Gasteiger partial charge in [0.05, 0.1) is 5.60 Å². The number of allylic oxidation sites excluding steroid dienone is 1. The second-order valence-electron chi connectivity index (χ2n) is 14.6. The van der Waals surface area contributed by atoms with Gasteiger partial charge >= 0.3 is 12.4 Å². The number of hydrogen-bond donors (Lipinski definition) is 0. The van der Waals surface area contributed by atoms with E-state index in [9.17, 15) is 31.1 Å². The maximum atomic E-state index is 14.3. The van der Waals surface area contributed by atoms with Crippen molar-refractivity contribution in [3.8, 4) is 0 Å². The maximum absolute atomic E-state index is 14.3. The van der Waals surface area contributed by atoms with Gasteiger partial charge in [-0.3, -0.25) is 4.79 Å². The lowest BCUT2D eigenvalue weighted by Gasteiger charge is -2.48. The van der Waals surface area contributed by atoms with E-state index in [2.05, 4.69) is 0 Å². The van der Waals surface area contributed by atoms with Gasteiger partial charge in [0.2, 0.25) is 0 Å². The van der Waals surface area contributed by atoms with Crippen LogP contribution in [0.5, 0.6) is 0 Å². The highest BCUT2D eigenvalue weighted by atomic mass is 28.4. The van der Waals surface area contributed by atoms with E-state index in [1.165, 1.54) is 19.6 Å². The van der Waals surface area contributed by atoms with Crippen LogP contribution in [-0.4, -0.2) is 46.0 Å². The minimum Gasteiger partial charge on any atom is -0.413 e. The smallest absolute Gasteiger partial charge is 0.413 e. The fraction of sp³-hybridized carbons (Fsp3) is 0.900. The zero-order chi connectivity index (χ0) is 36.9. The average Bonchev–Trinajstić information content (AvgIpc) is 3.17. The molecule has 240 valence electrons. The first kappa shape index (κ1) is 27.9. The number of carbonyl (C=O) groups is 1. The summed E-state index contributed by atoms with van der Waals surface area (Å²) in [7, 11) is -6.19. The number of fused-ring (bicyclic) bond motifs is 1. The van der Waals surface area contributed by atoms with E-state index in [0.717, 1.165) is 6.08 Å². The highest BCUT2D eigenvalue weighted by Crippen LogP contribution is 2.62. The molecule has 2 saturated carbocycles. The highest BCUT2D eigenvalue weighted by molar-refractivity contribution is 6.70. The number of rotatable bonds is 12. The van der Waals surface area contributed by atoms with E-state index in [1.54, 1.807) is 26.6 Å². The summed E-state index contributed by atoms with van der Waals surface area (Å²) in [5, 5.41) is 0. The van der Waals surface area contributed by atoms with Gasteiger partial charge in [-0.25, -0.2) is 0 Å². The summed E-state index contributed by atoms with van der Waals surface area (Å²) in [5.74, 6) is -0.530. The predicted octanol–water partition coefficient (Wildman–Crippen LogP) is 10.2. The number of halogens is 6. The molecule has 0 amide bonds. The zero-order valence-electron chi connectivity index (χ0n) is 31.7. The van der Waals surface area contributed by atoms with Crippen LogP contribution in [0.25, 0.3) is 0 Å². The Morgan fingerprint density at radius 1 is 0.951 bits per heavy atom. The normalized spacial score (nSPS) is 29.7. The average molecular weight is 637 g/mol. The molecule has 2 fully saturated rings. The van der Waals surface area contributed by atoms with Gasteiger partial charge in [0, 0.05) is 20.6 Å². The third-order valence-corrected chi connectivity index (χ3v) is 10.6. The highest BCUT2D eigenvalue weighted by Gasteiger charge is 2.71. The van der Waals surface area contributed by atoms with Crippen LogP contribution in [0, 0.1) is 22.7 Å². The van der Waals surface area contributed by atoms with E-state index < -0.39 is 71.1 Å². The van der Waals surface area contributed by atoms with Crippen molar-refractivity contribution in [1.29, 1.82) is 0 Å². The van der Waals surface area contributed by atoms with Crippen molar-refractivity contribution in [3.05, 3.63) is 12.2 Å². The molecular weight excluding hydrogens is 578 g/mol. The summed E-state index contributed by atoms with van der Waals surface area (Å²) < 4.78 is 146. The standard InChI is InChI=1S/C30H52F6O3Si2/c1-25(2,38-40(5,6)7)17-12-18-26(3,24-16-15-22-23(37)14-11-20-27(22,24)4)19-13-21-28(29(31,32)33,30(34,35)36)39-41(8,9)10/h13,21-22,24H,11-12,14-20H2,1-10H3/t22?,24-,26-,27+/m1/s1/i1D3,2D3. The van der Waals surface area contributed by atoms with Gasteiger partial charge in [-0.05, 0) is 121 Å². The van der Waals surface area contributed by atoms with Gasteiger partial charge in [0.25, 0.3) is 5.60 Å². The number of hydrogen-bond acceptors (Lipinski definition) is 3. The van der Waals surface area contributed by atoms with Crippen LogP contribution < -0.4 is 0 Å². The zero-order valence-corrected chi connectivity index (χ0v) is 27.7. The van der Waals surface area contributed by atoms with Crippen LogP contribution in [0.3, 0.4) is 0 Å². The van der Waals surface area contributed by atoms with Gasteiger partial charge in [0.15, 0.2) is 16.6 Å². The molecule has 0 N–H and O–H groups in total. The fourth-order valence-corrected chi connectivity index (χ4v) is 9.70. The Morgan fingerprint density at radius 3 is 2.00 bits per heavy atom. The van der Waals surface area contributed by atoms with Crippen LogP contribution in [0.15, 0.2) is 12.2 Å². The maximum Gasteiger partial charge on any atom is 0.429 e. The lowest BCUT2D eigenvalue weighted by atomic mass is 9.56. The Labute approximate surface area is 253 Å². The molecule has 2 aliphatic carbocycles. The first-order valence-corrected chi connectivity index (χ1v) is 21.2. The summed E-state index contributed by atoms with van der Waals surface area (Å²) in [5.41, 5.74) is -8.64.